The van der Waals surface area contributed by atoms with Gasteiger partial charge in [-0.15, -0.1) is 0 Å². The molecule has 6 heteroatoms. The third-order valence-corrected chi connectivity index (χ3v) is 4.06. The number of ether oxygens (including phenoxy) is 1. The third-order valence-electron chi connectivity index (χ3n) is 4.06. The lowest BCUT2D eigenvalue weighted by atomic mass is 9.91. The fourth-order valence-electron chi connectivity index (χ4n) is 3.08. The SMILES string of the molecule is CN1C(=O)c2cccc(OC(F)F)c2[C@@H]2C[C@H]1CC2=O. The van der Waals surface area contributed by atoms with Gasteiger partial charge in [0.25, 0.3) is 5.91 Å². The molecule has 2 atom stereocenters. The Kier molecular flexibility index (Phi) is 2.96. The van der Waals surface area contributed by atoms with Crippen molar-refractivity contribution in [3.8, 4) is 5.75 Å². The van der Waals surface area contributed by atoms with E-state index in [0.717, 1.165) is 0 Å². The van der Waals surface area contributed by atoms with E-state index >= 15 is 0 Å². The number of hydrogen-bond donors (Lipinski definition) is 0. The first-order chi connectivity index (χ1) is 9.49. The summed E-state index contributed by atoms with van der Waals surface area (Å²) in [6.07, 6.45) is 0.743. The Morgan fingerprint density at radius 3 is 2.80 bits per heavy atom. The van der Waals surface area contributed by atoms with Gasteiger partial charge in [0.15, 0.2) is 0 Å². The number of ketones is 1. The summed E-state index contributed by atoms with van der Waals surface area (Å²) in [6.45, 7) is -2.98. The monoisotopic (exact) mass is 281 g/mol. The Balaban J connectivity index is 2.17. The molecule has 1 amide bonds. The largest absolute Gasteiger partial charge is 0.434 e. The van der Waals surface area contributed by atoms with E-state index in [1.54, 1.807) is 13.1 Å². The minimum atomic E-state index is -2.98. The van der Waals surface area contributed by atoms with Gasteiger partial charge in [0.05, 0.1) is 0 Å². The molecule has 1 aromatic rings. The van der Waals surface area contributed by atoms with Crippen LogP contribution in [0.1, 0.15) is 34.7 Å². The van der Waals surface area contributed by atoms with E-state index in [0.29, 0.717) is 12.0 Å². The minimum Gasteiger partial charge on any atom is -0.434 e. The number of Topliss-reactive ketones (excluding diaryl/α,β-unsaturated/α-hetero) is 1. The van der Waals surface area contributed by atoms with E-state index in [1.807, 2.05) is 0 Å². The molecule has 0 radical (unpaired) electrons. The van der Waals surface area contributed by atoms with Gasteiger partial charge in [0.1, 0.15) is 11.5 Å². The quantitative estimate of drug-likeness (QED) is 0.834. The number of nitrogens with zero attached hydrogens (tertiary/aromatic N) is 1. The van der Waals surface area contributed by atoms with Gasteiger partial charge >= 0.3 is 6.61 Å². The van der Waals surface area contributed by atoms with Crippen molar-refractivity contribution >= 4 is 11.7 Å². The Morgan fingerprint density at radius 1 is 1.35 bits per heavy atom. The molecule has 2 aliphatic rings. The van der Waals surface area contributed by atoms with Gasteiger partial charge in [0.2, 0.25) is 0 Å². The number of rotatable bonds is 2. The highest BCUT2D eigenvalue weighted by molar-refractivity contribution is 6.02. The van der Waals surface area contributed by atoms with Crippen LogP contribution >= 0.6 is 0 Å². The number of amides is 1. The molecular weight excluding hydrogens is 268 g/mol. The molecule has 1 heterocycles. The van der Waals surface area contributed by atoms with E-state index in [-0.39, 0.29) is 35.5 Å². The number of carbonyl (C=O) groups excluding carboxylic acids is 2. The molecule has 106 valence electrons. The average Bonchev–Trinajstić information content (AvgIpc) is 2.73. The molecule has 4 nitrogen and oxygen atoms in total. The molecule has 1 saturated carbocycles. The standard InChI is InChI=1S/C14H13F2NO3/c1-17-7-5-9(10(18)6-7)12-8(13(17)19)3-2-4-11(12)20-14(15)16/h2-4,7,9,14H,5-6H2,1H3/t7-,9+/m0/s1. The first kappa shape index (κ1) is 13.0. The highest BCUT2D eigenvalue weighted by atomic mass is 19.3. The lowest BCUT2D eigenvalue weighted by Gasteiger charge is -2.23. The maximum atomic E-state index is 12.5. The number of hydrogen-bond acceptors (Lipinski definition) is 3. The topological polar surface area (TPSA) is 46.6 Å². The highest BCUT2D eigenvalue weighted by Gasteiger charge is 2.44. The highest BCUT2D eigenvalue weighted by Crippen LogP contribution is 2.43. The van der Waals surface area contributed by atoms with Crippen molar-refractivity contribution in [2.24, 2.45) is 0 Å². The molecule has 20 heavy (non-hydrogen) atoms. The zero-order valence-electron chi connectivity index (χ0n) is 10.8. The second kappa shape index (κ2) is 4.54. The Bertz CT molecular complexity index is 588. The van der Waals surface area contributed by atoms with Crippen LogP contribution in [-0.4, -0.2) is 36.3 Å². The van der Waals surface area contributed by atoms with Crippen LogP contribution in [0.25, 0.3) is 0 Å². The van der Waals surface area contributed by atoms with Gasteiger partial charge in [-0.2, -0.15) is 8.78 Å². The number of carbonyl (C=O) groups is 2. The minimum absolute atomic E-state index is 0.0269. The zero-order valence-corrected chi connectivity index (χ0v) is 10.8. The van der Waals surface area contributed by atoms with Crippen LogP contribution in [0.2, 0.25) is 0 Å². The average molecular weight is 281 g/mol. The number of benzene rings is 1. The lowest BCUT2D eigenvalue weighted by Crippen LogP contribution is -2.35. The molecular formula is C14H13F2NO3. The van der Waals surface area contributed by atoms with Crippen molar-refractivity contribution in [2.75, 3.05) is 7.05 Å². The first-order valence-corrected chi connectivity index (χ1v) is 6.36. The Morgan fingerprint density at radius 2 is 2.10 bits per heavy atom. The molecule has 0 unspecified atom stereocenters. The Labute approximate surface area is 114 Å². The second-order valence-corrected chi connectivity index (χ2v) is 5.12. The van der Waals surface area contributed by atoms with Gasteiger partial charge in [-0.05, 0) is 18.6 Å². The van der Waals surface area contributed by atoms with E-state index in [4.69, 9.17) is 0 Å². The van der Waals surface area contributed by atoms with Gasteiger partial charge in [-0.25, -0.2) is 0 Å². The number of halogens is 2. The van der Waals surface area contributed by atoms with E-state index in [1.165, 1.54) is 17.0 Å². The van der Waals surface area contributed by atoms with Crippen LogP contribution in [0.3, 0.4) is 0 Å². The van der Waals surface area contributed by atoms with Crippen LogP contribution in [-0.2, 0) is 4.79 Å². The fraction of sp³-hybridized carbons (Fsp3) is 0.429. The molecule has 1 aliphatic carbocycles. The molecule has 3 rings (SSSR count). The molecule has 0 aromatic heterocycles. The van der Waals surface area contributed by atoms with Gasteiger partial charge in [0, 0.05) is 36.6 Å². The van der Waals surface area contributed by atoms with E-state index in [2.05, 4.69) is 4.74 Å². The molecule has 0 saturated heterocycles. The van der Waals surface area contributed by atoms with Crippen molar-refractivity contribution in [2.45, 2.75) is 31.4 Å². The maximum Gasteiger partial charge on any atom is 0.387 e. The summed E-state index contributed by atoms with van der Waals surface area (Å²) in [4.78, 5) is 25.9. The summed E-state index contributed by atoms with van der Waals surface area (Å²) in [5, 5.41) is 0. The van der Waals surface area contributed by atoms with E-state index in [9.17, 15) is 18.4 Å². The predicted molar refractivity (Wildman–Crippen MR) is 65.9 cm³/mol. The van der Waals surface area contributed by atoms with Crippen molar-refractivity contribution in [1.82, 2.24) is 4.90 Å². The van der Waals surface area contributed by atoms with Crippen molar-refractivity contribution in [3.63, 3.8) is 0 Å². The molecule has 0 N–H and O–H groups in total. The van der Waals surface area contributed by atoms with Crippen molar-refractivity contribution < 1.29 is 23.1 Å². The molecule has 1 fully saturated rings. The van der Waals surface area contributed by atoms with Crippen LogP contribution in [0.4, 0.5) is 8.78 Å². The summed E-state index contributed by atoms with van der Waals surface area (Å²) >= 11 is 0. The van der Waals surface area contributed by atoms with Gasteiger partial charge < -0.3 is 9.64 Å². The van der Waals surface area contributed by atoms with Gasteiger partial charge in [-0.3, -0.25) is 9.59 Å². The summed E-state index contributed by atoms with van der Waals surface area (Å²) in [7, 11) is 1.64. The third kappa shape index (κ3) is 1.87. The molecule has 2 bridgehead atoms. The van der Waals surface area contributed by atoms with Crippen molar-refractivity contribution in [1.29, 1.82) is 0 Å². The predicted octanol–water partition coefficient (Wildman–Crippen LogP) is 2.19. The first-order valence-electron chi connectivity index (χ1n) is 6.36. The summed E-state index contributed by atoms with van der Waals surface area (Å²) < 4.78 is 29.5. The molecule has 0 spiro atoms. The fourth-order valence-corrected chi connectivity index (χ4v) is 3.08. The van der Waals surface area contributed by atoms with Crippen LogP contribution < -0.4 is 4.74 Å². The zero-order chi connectivity index (χ0) is 14.4. The normalized spacial score (nSPS) is 24.9. The maximum absolute atomic E-state index is 12.5. The summed E-state index contributed by atoms with van der Waals surface area (Å²) in [6, 6.07) is 4.27. The summed E-state index contributed by atoms with van der Waals surface area (Å²) in [5.41, 5.74) is 0.598. The molecule has 1 aliphatic heterocycles. The number of alkyl halides is 2. The summed E-state index contributed by atoms with van der Waals surface area (Å²) in [5.74, 6) is -0.875. The van der Waals surface area contributed by atoms with Crippen LogP contribution in [0.5, 0.6) is 5.75 Å². The van der Waals surface area contributed by atoms with E-state index < -0.39 is 12.5 Å². The van der Waals surface area contributed by atoms with Gasteiger partial charge in [-0.1, -0.05) is 6.07 Å². The van der Waals surface area contributed by atoms with Crippen molar-refractivity contribution in [3.05, 3.63) is 29.3 Å². The van der Waals surface area contributed by atoms with Crippen LogP contribution in [0, 0.1) is 0 Å². The molecule has 1 aromatic carbocycles. The lowest BCUT2D eigenvalue weighted by molar-refractivity contribution is -0.119. The smallest absolute Gasteiger partial charge is 0.387 e. The Hall–Kier alpha value is -1.98. The number of fused-ring (bicyclic) bond motifs is 4. The van der Waals surface area contributed by atoms with Crippen LogP contribution in [0.15, 0.2) is 18.2 Å². The second-order valence-electron chi connectivity index (χ2n) is 5.12.